The summed E-state index contributed by atoms with van der Waals surface area (Å²) in [5.74, 6) is -0.331. The summed E-state index contributed by atoms with van der Waals surface area (Å²) < 4.78 is 6.44. The summed E-state index contributed by atoms with van der Waals surface area (Å²) >= 11 is 3.34. The van der Waals surface area contributed by atoms with Gasteiger partial charge in [-0.3, -0.25) is 0 Å². The highest BCUT2D eigenvalue weighted by molar-refractivity contribution is 9.10. The number of benzene rings is 1. The van der Waals surface area contributed by atoms with E-state index in [9.17, 15) is 4.79 Å². The van der Waals surface area contributed by atoms with Gasteiger partial charge in [-0.2, -0.15) is 5.26 Å². The highest BCUT2D eigenvalue weighted by Crippen LogP contribution is 2.24. The first kappa shape index (κ1) is 13.1. The van der Waals surface area contributed by atoms with Gasteiger partial charge >= 0.3 is 5.97 Å². The molecule has 2 aromatic rings. The molecule has 1 heterocycles. The molecule has 0 fully saturated rings. The second-order valence-electron chi connectivity index (χ2n) is 3.68. The van der Waals surface area contributed by atoms with E-state index in [-0.39, 0.29) is 5.57 Å². The van der Waals surface area contributed by atoms with Crippen LogP contribution in [0.2, 0.25) is 0 Å². The fourth-order valence-electron chi connectivity index (χ4n) is 1.48. The van der Waals surface area contributed by atoms with Crippen molar-refractivity contribution in [3.8, 4) is 17.4 Å². The third-order valence-corrected chi connectivity index (χ3v) is 2.92. The second-order valence-corrected chi connectivity index (χ2v) is 4.60. The van der Waals surface area contributed by atoms with Crippen LogP contribution in [-0.2, 0) is 4.79 Å². The molecule has 0 aliphatic heterocycles. The maximum atomic E-state index is 10.7. The summed E-state index contributed by atoms with van der Waals surface area (Å²) in [5.41, 5.74) is 0.508. The lowest BCUT2D eigenvalue weighted by molar-refractivity contribution is -0.132. The van der Waals surface area contributed by atoms with Crippen LogP contribution in [0.15, 0.2) is 50.9 Å². The fourth-order valence-corrected chi connectivity index (χ4v) is 1.75. The highest BCUT2D eigenvalue weighted by Gasteiger charge is 2.08. The van der Waals surface area contributed by atoms with Crippen LogP contribution in [0.5, 0.6) is 0 Å². The van der Waals surface area contributed by atoms with Gasteiger partial charge in [0.15, 0.2) is 0 Å². The molecule has 0 saturated heterocycles. The first-order valence-electron chi connectivity index (χ1n) is 5.31. The maximum Gasteiger partial charge on any atom is 0.346 e. The first-order valence-corrected chi connectivity index (χ1v) is 6.10. The zero-order chi connectivity index (χ0) is 13.8. The molecule has 1 aromatic heterocycles. The van der Waals surface area contributed by atoms with Crippen LogP contribution in [0.1, 0.15) is 5.76 Å². The maximum absolute atomic E-state index is 10.7. The molecule has 0 aliphatic rings. The van der Waals surface area contributed by atoms with E-state index in [1.54, 1.807) is 18.2 Å². The Morgan fingerprint density at radius 1 is 1.26 bits per heavy atom. The Labute approximate surface area is 117 Å². The van der Waals surface area contributed by atoms with Crippen molar-refractivity contribution < 1.29 is 14.3 Å². The topological polar surface area (TPSA) is 74.2 Å². The second kappa shape index (κ2) is 5.55. The fraction of sp³-hybridized carbons (Fsp3) is 0. The monoisotopic (exact) mass is 317 g/mol. The largest absolute Gasteiger partial charge is 0.477 e. The molecule has 1 N–H and O–H groups in total. The lowest BCUT2D eigenvalue weighted by atomic mass is 10.2. The molecule has 0 bridgehead atoms. The van der Waals surface area contributed by atoms with Crippen molar-refractivity contribution in [1.82, 2.24) is 0 Å². The van der Waals surface area contributed by atoms with Gasteiger partial charge in [0.1, 0.15) is 23.2 Å². The summed E-state index contributed by atoms with van der Waals surface area (Å²) in [4.78, 5) is 10.7. The molecular weight excluding hydrogens is 310 g/mol. The van der Waals surface area contributed by atoms with Crippen molar-refractivity contribution in [2.24, 2.45) is 0 Å². The molecule has 0 spiro atoms. The van der Waals surface area contributed by atoms with Crippen molar-refractivity contribution in [2.45, 2.75) is 0 Å². The summed E-state index contributed by atoms with van der Waals surface area (Å²) in [6.07, 6.45) is 1.20. The molecule has 0 radical (unpaired) electrons. The smallest absolute Gasteiger partial charge is 0.346 e. The molecule has 5 heteroatoms. The minimum atomic E-state index is -1.27. The number of carboxylic acid groups (broad SMARTS) is 1. The minimum Gasteiger partial charge on any atom is -0.477 e. The van der Waals surface area contributed by atoms with E-state index in [0.29, 0.717) is 11.5 Å². The molecule has 19 heavy (non-hydrogen) atoms. The number of hydrogen-bond donors (Lipinski definition) is 1. The number of halogens is 1. The van der Waals surface area contributed by atoms with E-state index in [0.717, 1.165) is 10.0 Å². The van der Waals surface area contributed by atoms with Crippen molar-refractivity contribution in [2.75, 3.05) is 0 Å². The third kappa shape index (κ3) is 3.12. The van der Waals surface area contributed by atoms with Gasteiger partial charge in [-0.05, 0) is 24.3 Å². The first-order chi connectivity index (χ1) is 9.10. The van der Waals surface area contributed by atoms with Gasteiger partial charge in [0.25, 0.3) is 0 Å². The summed E-state index contributed by atoms with van der Waals surface area (Å²) in [6.45, 7) is 0. The lowest BCUT2D eigenvalue weighted by Gasteiger charge is -1.96. The van der Waals surface area contributed by atoms with Crippen LogP contribution in [0.25, 0.3) is 17.4 Å². The van der Waals surface area contributed by atoms with E-state index in [2.05, 4.69) is 15.9 Å². The molecule has 4 nitrogen and oxygen atoms in total. The van der Waals surface area contributed by atoms with Crippen LogP contribution < -0.4 is 0 Å². The Bertz CT molecular complexity index is 677. The lowest BCUT2D eigenvalue weighted by Crippen LogP contribution is -1.96. The molecule has 1 aromatic carbocycles. The average Bonchev–Trinajstić information content (AvgIpc) is 2.85. The number of hydrogen-bond acceptors (Lipinski definition) is 3. The summed E-state index contributed by atoms with van der Waals surface area (Å²) in [6, 6.07) is 12.5. The van der Waals surface area contributed by atoms with Crippen LogP contribution in [-0.4, -0.2) is 11.1 Å². The minimum absolute atomic E-state index is 0.330. The number of rotatable bonds is 3. The molecular formula is C14H8BrNO3. The van der Waals surface area contributed by atoms with Gasteiger partial charge in [0, 0.05) is 16.1 Å². The van der Waals surface area contributed by atoms with Crippen LogP contribution in [0.3, 0.4) is 0 Å². The van der Waals surface area contributed by atoms with E-state index in [1.807, 2.05) is 24.3 Å². The number of carboxylic acids is 1. The molecule has 0 saturated carbocycles. The Morgan fingerprint density at radius 2 is 1.95 bits per heavy atom. The molecule has 0 atom stereocenters. The number of aliphatic carboxylic acids is 1. The summed E-state index contributed by atoms with van der Waals surface area (Å²) in [5, 5.41) is 17.4. The zero-order valence-corrected chi connectivity index (χ0v) is 11.2. The van der Waals surface area contributed by atoms with Crippen molar-refractivity contribution in [1.29, 1.82) is 5.26 Å². The Balaban J connectivity index is 2.32. The van der Waals surface area contributed by atoms with Crippen molar-refractivity contribution in [3.05, 3.63) is 52.2 Å². The third-order valence-electron chi connectivity index (χ3n) is 2.39. The van der Waals surface area contributed by atoms with Gasteiger partial charge in [0.2, 0.25) is 0 Å². The number of nitrogens with zero attached hydrogens (tertiary/aromatic N) is 1. The van der Waals surface area contributed by atoms with Gasteiger partial charge in [-0.15, -0.1) is 0 Å². The average molecular weight is 318 g/mol. The Morgan fingerprint density at radius 3 is 2.53 bits per heavy atom. The molecule has 0 aliphatic carbocycles. The van der Waals surface area contributed by atoms with E-state index >= 15 is 0 Å². The van der Waals surface area contributed by atoms with Crippen LogP contribution >= 0.6 is 15.9 Å². The van der Waals surface area contributed by atoms with Crippen molar-refractivity contribution >= 4 is 28.0 Å². The van der Waals surface area contributed by atoms with Crippen LogP contribution in [0.4, 0.5) is 0 Å². The quantitative estimate of drug-likeness (QED) is 0.691. The zero-order valence-electron chi connectivity index (χ0n) is 9.63. The normalized spacial score (nSPS) is 11.1. The predicted molar refractivity (Wildman–Crippen MR) is 73.1 cm³/mol. The Kier molecular flexibility index (Phi) is 3.83. The predicted octanol–water partition coefficient (Wildman–Crippen LogP) is 3.70. The highest BCUT2D eigenvalue weighted by atomic mass is 79.9. The van der Waals surface area contributed by atoms with Gasteiger partial charge in [-0.1, -0.05) is 28.1 Å². The number of furan rings is 1. The molecule has 0 amide bonds. The molecule has 94 valence electrons. The molecule has 2 rings (SSSR count). The van der Waals surface area contributed by atoms with E-state index in [1.165, 1.54) is 6.08 Å². The molecule has 0 unspecified atom stereocenters. The number of nitriles is 1. The van der Waals surface area contributed by atoms with Gasteiger partial charge in [-0.25, -0.2) is 4.79 Å². The van der Waals surface area contributed by atoms with Gasteiger partial charge < -0.3 is 9.52 Å². The van der Waals surface area contributed by atoms with Crippen molar-refractivity contribution in [3.63, 3.8) is 0 Å². The van der Waals surface area contributed by atoms with Gasteiger partial charge in [0.05, 0.1) is 0 Å². The SMILES string of the molecule is N#C/C(=C/c1ccc(-c2ccc(Br)cc2)o1)C(=O)O. The summed E-state index contributed by atoms with van der Waals surface area (Å²) in [7, 11) is 0. The Hall–Kier alpha value is -2.32. The number of carbonyl (C=O) groups is 1. The van der Waals surface area contributed by atoms with E-state index in [4.69, 9.17) is 14.8 Å². The van der Waals surface area contributed by atoms with E-state index < -0.39 is 5.97 Å². The standard InChI is InChI=1S/C14H8BrNO3/c15-11-3-1-9(2-4-11)13-6-5-12(19-13)7-10(8-16)14(17)18/h1-7H,(H,17,18)/b10-7-. The van der Waals surface area contributed by atoms with Crippen LogP contribution in [0, 0.1) is 11.3 Å².